The molecule has 1 heterocycles. The third-order valence-electron chi connectivity index (χ3n) is 11.3. The van der Waals surface area contributed by atoms with Crippen molar-refractivity contribution in [1.29, 1.82) is 5.26 Å². The zero-order valence-electron chi connectivity index (χ0n) is 20.3. The second-order valence-electron chi connectivity index (χ2n) is 12.9. The molecule has 5 fully saturated rings. The molecule has 5 aliphatic carbocycles. The van der Waals surface area contributed by atoms with Crippen LogP contribution in [0.25, 0.3) is 0 Å². The van der Waals surface area contributed by atoms with Crippen molar-refractivity contribution in [2.45, 2.75) is 96.6 Å². The first-order valence-corrected chi connectivity index (χ1v) is 13.4. The Morgan fingerprint density at radius 3 is 2.61 bits per heavy atom. The van der Waals surface area contributed by atoms with Gasteiger partial charge in [0.25, 0.3) is 0 Å². The minimum atomic E-state index is -0.470. The summed E-state index contributed by atoms with van der Waals surface area (Å²) in [6.45, 7) is 4.79. The number of ketones is 1. The van der Waals surface area contributed by atoms with Crippen LogP contribution in [0.3, 0.4) is 0 Å². The van der Waals surface area contributed by atoms with Crippen LogP contribution in [0.5, 0.6) is 0 Å². The van der Waals surface area contributed by atoms with E-state index < -0.39 is 5.60 Å². The van der Waals surface area contributed by atoms with E-state index in [4.69, 9.17) is 5.26 Å². The average Bonchev–Trinajstić information content (AvgIpc) is 3.43. The van der Waals surface area contributed by atoms with Crippen LogP contribution in [0.15, 0.2) is 12.4 Å². The zero-order valence-corrected chi connectivity index (χ0v) is 20.3. The number of hydrogen-bond acceptors (Lipinski definition) is 4. The van der Waals surface area contributed by atoms with Gasteiger partial charge in [-0.05, 0) is 118 Å². The monoisotopic (exact) mass is 449 g/mol. The second kappa shape index (κ2) is 7.41. The fourth-order valence-electron chi connectivity index (χ4n) is 9.89. The minimum Gasteiger partial charge on any atom is -0.390 e. The maximum atomic E-state index is 13.4. The second-order valence-corrected chi connectivity index (χ2v) is 12.9. The number of aromatic nitrogens is 2. The normalized spacial score (nSPS) is 46.7. The summed E-state index contributed by atoms with van der Waals surface area (Å²) in [5.41, 5.74) is 0.632. The molecular formula is C28H39N3O2. The van der Waals surface area contributed by atoms with E-state index in [9.17, 15) is 9.90 Å². The van der Waals surface area contributed by atoms with E-state index in [2.05, 4.69) is 25.0 Å². The van der Waals surface area contributed by atoms with Gasteiger partial charge in [-0.1, -0.05) is 6.92 Å². The molecule has 1 aromatic rings. The average molecular weight is 450 g/mol. The molecule has 5 aliphatic rings. The Balaban J connectivity index is 1.24. The molecule has 0 amide bonds. The van der Waals surface area contributed by atoms with Gasteiger partial charge in [0.15, 0.2) is 5.78 Å². The van der Waals surface area contributed by atoms with Crippen LogP contribution in [0.4, 0.5) is 0 Å². The van der Waals surface area contributed by atoms with Crippen molar-refractivity contribution in [3.63, 3.8) is 0 Å². The highest BCUT2D eigenvalue weighted by molar-refractivity contribution is 5.82. The molecule has 0 unspecified atom stereocenters. The molecule has 0 bridgehead atoms. The third-order valence-corrected chi connectivity index (χ3v) is 11.3. The van der Waals surface area contributed by atoms with E-state index in [-0.39, 0.29) is 11.3 Å². The first-order valence-electron chi connectivity index (χ1n) is 13.4. The summed E-state index contributed by atoms with van der Waals surface area (Å²) in [6.07, 6.45) is 16.5. The molecule has 1 N–H and O–H groups in total. The Hall–Kier alpha value is -1.67. The summed E-state index contributed by atoms with van der Waals surface area (Å²) < 4.78 is 1.66. The highest BCUT2D eigenvalue weighted by Gasteiger charge is 2.66. The van der Waals surface area contributed by atoms with Gasteiger partial charge in [-0.15, -0.1) is 0 Å². The molecule has 8 atom stereocenters. The van der Waals surface area contributed by atoms with E-state index in [1.807, 2.05) is 0 Å². The molecule has 6 rings (SSSR count). The van der Waals surface area contributed by atoms with Gasteiger partial charge in [0.2, 0.25) is 0 Å². The molecule has 5 heteroatoms. The van der Waals surface area contributed by atoms with Crippen molar-refractivity contribution in [2.24, 2.45) is 46.3 Å². The summed E-state index contributed by atoms with van der Waals surface area (Å²) in [5, 5.41) is 24.2. The SMILES string of the molecule is C[C@@]1(O)CC[C@@]2(C3CC3)[C@H](CC[C@H]3[C@@H]4CC[C@H](C(=O)Cn5cc(C#N)cn5)[C@@]4(C)CC[C@@H]32)C1. The van der Waals surface area contributed by atoms with Gasteiger partial charge in [-0.2, -0.15) is 10.4 Å². The van der Waals surface area contributed by atoms with Gasteiger partial charge in [-0.3, -0.25) is 9.48 Å². The highest BCUT2D eigenvalue weighted by Crippen LogP contribution is 2.72. The molecule has 1 aromatic heterocycles. The Morgan fingerprint density at radius 1 is 1.09 bits per heavy atom. The molecule has 0 radical (unpaired) electrons. The predicted octanol–water partition coefficient (Wildman–Crippen LogP) is 5.12. The van der Waals surface area contributed by atoms with E-state index in [1.165, 1.54) is 51.4 Å². The zero-order chi connectivity index (χ0) is 23.0. The molecule has 0 aliphatic heterocycles. The fourth-order valence-corrected chi connectivity index (χ4v) is 9.89. The van der Waals surface area contributed by atoms with Gasteiger partial charge in [0.05, 0.1) is 23.9 Å². The summed E-state index contributed by atoms with van der Waals surface area (Å²) in [4.78, 5) is 13.4. The molecule has 5 nitrogen and oxygen atoms in total. The standard InChI is InChI=1S/C28H39N3O2/c1-26(33)11-12-28(19-3-4-19)20(13-26)5-6-21-22-7-8-24(27(22,2)10-9-23(21)28)25(32)17-31-16-18(14-29)15-30-31/h15-16,19-24,33H,3-13,17H2,1-2H3/t20-,21+,22+,23+,24-,26-,27+,28-/m1/s1. The number of aliphatic hydroxyl groups is 1. The molecule has 5 saturated carbocycles. The number of nitrogens with zero attached hydrogens (tertiary/aromatic N) is 3. The highest BCUT2D eigenvalue weighted by atomic mass is 16.3. The van der Waals surface area contributed by atoms with Gasteiger partial charge < -0.3 is 5.11 Å². The molecular weight excluding hydrogens is 410 g/mol. The van der Waals surface area contributed by atoms with Crippen molar-refractivity contribution in [1.82, 2.24) is 9.78 Å². The number of carbonyl (C=O) groups is 1. The lowest BCUT2D eigenvalue weighted by Crippen LogP contribution is -2.57. The molecule has 178 valence electrons. The first kappa shape index (κ1) is 21.8. The van der Waals surface area contributed by atoms with Gasteiger partial charge in [0, 0.05) is 12.1 Å². The lowest BCUT2D eigenvalue weighted by Gasteiger charge is -2.63. The smallest absolute Gasteiger partial charge is 0.157 e. The van der Waals surface area contributed by atoms with Crippen molar-refractivity contribution in [2.75, 3.05) is 0 Å². The Bertz CT molecular complexity index is 988. The van der Waals surface area contributed by atoms with Crippen molar-refractivity contribution in [3.8, 4) is 6.07 Å². The fraction of sp³-hybridized carbons (Fsp3) is 0.821. The number of carbonyl (C=O) groups excluding carboxylic acids is 1. The van der Waals surface area contributed by atoms with E-state index in [1.54, 1.807) is 17.1 Å². The summed E-state index contributed by atoms with van der Waals surface area (Å²) >= 11 is 0. The number of rotatable bonds is 4. The molecule has 0 saturated heterocycles. The Kier molecular flexibility index (Phi) is 4.90. The minimum absolute atomic E-state index is 0.112. The molecule has 0 spiro atoms. The van der Waals surface area contributed by atoms with Gasteiger partial charge >= 0.3 is 0 Å². The van der Waals surface area contributed by atoms with Crippen molar-refractivity contribution < 1.29 is 9.90 Å². The van der Waals surface area contributed by atoms with Crippen molar-refractivity contribution in [3.05, 3.63) is 18.0 Å². The van der Waals surface area contributed by atoms with E-state index >= 15 is 0 Å². The van der Waals surface area contributed by atoms with Crippen LogP contribution in [-0.4, -0.2) is 26.3 Å². The summed E-state index contributed by atoms with van der Waals surface area (Å²) in [6, 6.07) is 2.11. The first-order chi connectivity index (χ1) is 15.8. The van der Waals surface area contributed by atoms with Crippen LogP contribution in [-0.2, 0) is 11.3 Å². The Labute approximate surface area is 197 Å². The molecule has 0 aromatic carbocycles. The number of fused-ring (bicyclic) bond motifs is 5. The van der Waals surface area contributed by atoms with Crippen molar-refractivity contribution >= 4 is 5.78 Å². The lowest BCUT2D eigenvalue weighted by atomic mass is 9.42. The van der Waals surface area contributed by atoms with Crippen LogP contribution in [0, 0.1) is 57.7 Å². The summed E-state index contributed by atoms with van der Waals surface area (Å²) in [7, 11) is 0. The number of hydrogen-bond donors (Lipinski definition) is 1. The maximum Gasteiger partial charge on any atom is 0.157 e. The Morgan fingerprint density at radius 2 is 1.88 bits per heavy atom. The third kappa shape index (κ3) is 3.27. The molecule has 33 heavy (non-hydrogen) atoms. The number of nitriles is 1. The van der Waals surface area contributed by atoms with E-state index in [0.29, 0.717) is 35.1 Å². The largest absolute Gasteiger partial charge is 0.390 e. The van der Waals surface area contributed by atoms with Crippen LogP contribution >= 0.6 is 0 Å². The van der Waals surface area contributed by atoms with Crippen LogP contribution in [0.2, 0.25) is 0 Å². The lowest BCUT2D eigenvalue weighted by molar-refractivity contribution is -0.166. The van der Waals surface area contributed by atoms with Crippen LogP contribution < -0.4 is 0 Å². The topological polar surface area (TPSA) is 78.9 Å². The quantitative estimate of drug-likeness (QED) is 0.692. The van der Waals surface area contributed by atoms with E-state index in [0.717, 1.165) is 37.0 Å². The van der Waals surface area contributed by atoms with Gasteiger partial charge in [0.1, 0.15) is 6.07 Å². The van der Waals surface area contributed by atoms with Gasteiger partial charge in [-0.25, -0.2) is 0 Å². The van der Waals surface area contributed by atoms with Crippen LogP contribution in [0.1, 0.15) is 90.0 Å². The summed E-state index contributed by atoms with van der Waals surface area (Å²) in [5.74, 6) is 4.25. The maximum absolute atomic E-state index is 13.4. The predicted molar refractivity (Wildman–Crippen MR) is 125 cm³/mol. The number of Topliss-reactive ketones (excluding diaryl/α,β-unsaturated/α-hetero) is 1.